The van der Waals surface area contributed by atoms with Crippen LogP contribution < -0.4 is 11.1 Å². The third-order valence-electron chi connectivity index (χ3n) is 3.92. The van der Waals surface area contributed by atoms with Gasteiger partial charge in [-0.2, -0.15) is 4.68 Å². The van der Waals surface area contributed by atoms with Crippen molar-refractivity contribution in [2.24, 2.45) is 11.8 Å². The lowest BCUT2D eigenvalue weighted by molar-refractivity contribution is -0.117. The van der Waals surface area contributed by atoms with Crippen LogP contribution in [0.15, 0.2) is 45.6 Å². The topological polar surface area (TPSA) is 94.2 Å². The standard InChI is InChI=1S/C21H27N3O4/c1-14(2)12-17(22-18(25)11-10-16-8-6-5-7-9-16)19(26)20-23-24(13-15(3)4)21(27)28-20/h5-11,14-15,17H,12-13H2,1-4H3,(H,22,25). The van der Waals surface area contributed by atoms with E-state index in [9.17, 15) is 14.4 Å². The van der Waals surface area contributed by atoms with E-state index in [1.807, 2.05) is 58.0 Å². The molecule has 1 amide bonds. The van der Waals surface area contributed by atoms with Crippen LogP contribution in [0.1, 0.15) is 50.4 Å². The summed E-state index contributed by atoms with van der Waals surface area (Å²) in [6, 6.07) is 8.56. The third kappa shape index (κ3) is 6.33. The number of ketones is 1. The number of Topliss-reactive ketones (excluding diaryl/α,β-unsaturated/α-hetero) is 1. The lowest BCUT2D eigenvalue weighted by Crippen LogP contribution is -2.41. The van der Waals surface area contributed by atoms with Crippen LogP contribution >= 0.6 is 0 Å². The van der Waals surface area contributed by atoms with Gasteiger partial charge >= 0.3 is 5.76 Å². The van der Waals surface area contributed by atoms with E-state index < -0.39 is 23.5 Å². The molecule has 1 aromatic heterocycles. The second-order valence-electron chi connectivity index (χ2n) is 7.55. The molecule has 2 aromatic rings. The summed E-state index contributed by atoms with van der Waals surface area (Å²) in [5.74, 6) is -1.52. The Kier molecular flexibility index (Phi) is 7.49. The highest BCUT2D eigenvalue weighted by atomic mass is 16.4. The quantitative estimate of drug-likeness (QED) is 0.529. The molecule has 0 spiro atoms. The molecule has 0 aliphatic rings. The van der Waals surface area contributed by atoms with E-state index in [2.05, 4.69) is 10.4 Å². The Balaban J connectivity index is 2.14. The van der Waals surface area contributed by atoms with Gasteiger partial charge in [-0.05, 0) is 29.9 Å². The molecule has 1 aromatic carbocycles. The van der Waals surface area contributed by atoms with Gasteiger partial charge in [0.15, 0.2) is 0 Å². The Hall–Kier alpha value is -2.96. The molecule has 1 unspecified atom stereocenters. The third-order valence-corrected chi connectivity index (χ3v) is 3.92. The minimum absolute atomic E-state index is 0.150. The molecule has 28 heavy (non-hydrogen) atoms. The first-order valence-electron chi connectivity index (χ1n) is 9.42. The van der Waals surface area contributed by atoms with Gasteiger partial charge in [-0.3, -0.25) is 9.59 Å². The van der Waals surface area contributed by atoms with Crippen molar-refractivity contribution < 1.29 is 14.0 Å². The van der Waals surface area contributed by atoms with Crippen molar-refractivity contribution in [3.8, 4) is 0 Å². The van der Waals surface area contributed by atoms with E-state index >= 15 is 0 Å². The summed E-state index contributed by atoms with van der Waals surface area (Å²) in [5, 5.41) is 6.70. The molecule has 150 valence electrons. The fourth-order valence-electron chi connectivity index (χ4n) is 2.67. The van der Waals surface area contributed by atoms with E-state index in [-0.39, 0.29) is 17.7 Å². The minimum atomic E-state index is -0.821. The van der Waals surface area contributed by atoms with E-state index in [1.165, 1.54) is 6.08 Å². The molecule has 0 aliphatic heterocycles. The molecule has 2 rings (SSSR count). The molecule has 7 heteroatoms. The van der Waals surface area contributed by atoms with Gasteiger partial charge in [-0.25, -0.2) is 4.79 Å². The summed E-state index contributed by atoms with van der Waals surface area (Å²) in [4.78, 5) is 37.0. The Morgan fingerprint density at radius 3 is 2.43 bits per heavy atom. The summed E-state index contributed by atoms with van der Waals surface area (Å²) in [7, 11) is 0. The lowest BCUT2D eigenvalue weighted by atomic mass is 10.00. The lowest BCUT2D eigenvalue weighted by Gasteiger charge is -2.17. The molecule has 1 N–H and O–H groups in total. The van der Waals surface area contributed by atoms with E-state index in [0.29, 0.717) is 13.0 Å². The largest absolute Gasteiger partial charge is 0.437 e. The molecule has 0 saturated carbocycles. The van der Waals surface area contributed by atoms with Crippen LogP contribution in [0.3, 0.4) is 0 Å². The van der Waals surface area contributed by atoms with Crippen molar-refractivity contribution in [1.29, 1.82) is 0 Å². The van der Waals surface area contributed by atoms with Gasteiger partial charge in [-0.15, -0.1) is 5.10 Å². The van der Waals surface area contributed by atoms with E-state index in [1.54, 1.807) is 6.08 Å². The van der Waals surface area contributed by atoms with Gasteiger partial charge in [0.05, 0.1) is 12.6 Å². The predicted octanol–water partition coefficient (Wildman–Crippen LogP) is 2.92. The van der Waals surface area contributed by atoms with Gasteiger partial charge in [0.1, 0.15) is 0 Å². The zero-order chi connectivity index (χ0) is 20.7. The van der Waals surface area contributed by atoms with Crippen LogP contribution in [0.25, 0.3) is 6.08 Å². The zero-order valence-corrected chi connectivity index (χ0v) is 16.7. The number of hydrogen-bond donors (Lipinski definition) is 1. The fourth-order valence-corrected chi connectivity index (χ4v) is 2.67. The van der Waals surface area contributed by atoms with Crippen molar-refractivity contribution in [2.45, 2.75) is 46.7 Å². The van der Waals surface area contributed by atoms with Crippen LogP contribution in [0.5, 0.6) is 0 Å². The summed E-state index contributed by atoms with van der Waals surface area (Å²) < 4.78 is 6.17. The Bertz CT molecular complexity index is 879. The van der Waals surface area contributed by atoms with Crippen molar-refractivity contribution in [1.82, 2.24) is 15.1 Å². The van der Waals surface area contributed by atoms with Crippen molar-refractivity contribution in [2.75, 3.05) is 0 Å². The Labute approximate surface area is 164 Å². The van der Waals surface area contributed by atoms with Gasteiger partial charge in [-0.1, -0.05) is 58.0 Å². The molecular formula is C21H27N3O4. The first-order valence-corrected chi connectivity index (χ1v) is 9.42. The molecule has 0 radical (unpaired) electrons. The van der Waals surface area contributed by atoms with Crippen LogP contribution in [0.2, 0.25) is 0 Å². The normalized spacial score (nSPS) is 12.6. The Morgan fingerprint density at radius 1 is 1.14 bits per heavy atom. The number of carbonyl (C=O) groups is 2. The molecule has 0 aliphatic carbocycles. The number of nitrogens with zero attached hydrogens (tertiary/aromatic N) is 2. The van der Waals surface area contributed by atoms with E-state index in [4.69, 9.17) is 4.42 Å². The zero-order valence-electron chi connectivity index (χ0n) is 16.7. The van der Waals surface area contributed by atoms with Crippen molar-refractivity contribution in [3.05, 3.63) is 58.4 Å². The summed E-state index contributed by atoms with van der Waals surface area (Å²) in [5.41, 5.74) is 0.878. The predicted molar refractivity (Wildman–Crippen MR) is 107 cm³/mol. The number of amides is 1. The molecule has 0 bridgehead atoms. The highest BCUT2D eigenvalue weighted by Gasteiger charge is 2.27. The molecule has 7 nitrogen and oxygen atoms in total. The van der Waals surface area contributed by atoms with Crippen molar-refractivity contribution in [3.63, 3.8) is 0 Å². The Morgan fingerprint density at radius 2 is 1.82 bits per heavy atom. The van der Waals surface area contributed by atoms with Crippen LogP contribution in [-0.2, 0) is 11.3 Å². The van der Waals surface area contributed by atoms with Crippen LogP contribution in [0.4, 0.5) is 0 Å². The average molecular weight is 385 g/mol. The van der Waals surface area contributed by atoms with Gasteiger partial charge in [0.25, 0.3) is 5.89 Å². The summed E-state index contributed by atoms with van der Waals surface area (Å²) in [6.07, 6.45) is 3.46. The maximum absolute atomic E-state index is 12.8. The number of rotatable bonds is 9. The minimum Gasteiger partial charge on any atom is -0.384 e. The molecular weight excluding hydrogens is 358 g/mol. The smallest absolute Gasteiger partial charge is 0.384 e. The molecule has 0 saturated heterocycles. The average Bonchev–Trinajstić information content (AvgIpc) is 2.99. The first-order chi connectivity index (χ1) is 13.3. The molecule has 1 atom stereocenters. The summed E-state index contributed by atoms with van der Waals surface area (Å²) in [6.45, 7) is 8.11. The van der Waals surface area contributed by atoms with Crippen LogP contribution in [0, 0.1) is 11.8 Å². The fraction of sp³-hybridized carbons (Fsp3) is 0.429. The number of hydrogen-bond acceptors (Lipinski definition) is 5. The monoisotopic (exact) mass is 385 g/mol. The summed E-state index contributed by atoms with van der Waals surface area (Å²) >= 11 is 0. The SMILES string of the molecule is CC(C)CC(NC(=O)C=Cc1ccccc1)C(=O)c1nn(CC(C)C)c(=O)o1. The van der Waals surface area contributed by atoms with Gasteiger partial charge < -0.3 is 9.73 Å². The number of carbonyl (C=O) groups excluding carboxylic acids is 2. The maximum Gasteiger partial charge on any atom is 0.437 e. The first kappa shape index (κ1) is 21.3. The van der Waals surface area contributed by atoms with Crippen molar-refractivity contribution >= 4 is 17.8 Å². The second kappa shape index (κ2) is 9.82. The number of benzene rings is 1. The molecule has 1 heterocycles. The second-order valence-corrected chi connectivity index (χ2v) is 7.55. The van der Waals surface area contributed by atoms with E-state index in [0.717, 1.165) is 10.2 Å². The highest BCUT2D eigenvalue weighted by molar-refractivity contribution is 6.00. The number of nitrogens with one attached hydrogen (secondary N) is 1. The highest BCUT2D eigenvalue weighted by Crippen LogP contribution is 2.10. The molecule has 0 fully saturated rings. The van der Waals surface area contributed by atoms with Gasteiger partial charge in [0, 0.05) is 6.08 Å². The number of aromatic nitrogens is 2. The van der Waals surface area contributed by atoms with Gasteiger partial charge in [0.2, 0.25) is 11.7 Å². The van der Waals surface area contributed by atoms with Crippen LogP contribution in [-0.4, -0.2) is 27.5 Å². The maximum atomic E-state index is 12.8.